The van der Waals surface area contributed by atoms with Crippen LogP contribution in [0.3, 0.4) is 0 Å². The van der Waals surface area contributed by atoms with Gasteiger partial charge in [0, 0.05) is 54.6 Å². The Kier molecular flexibility index (Phi) is 3.62. The molecule has 2 heterocycles. The Hall–Kier alpha value is -2.25. The number of benzene rings is 1. The molecule has 0 saturated heterocycles. The van der Waals surface area contributed by atoms with E-state index in [4.69, 9.17) is 0 Å². The van der Waals surface area contributed by atoms with Crippen LogP contribution in [-0.4, -0.2) is 33.5 Å². The van der Waals surface area contributed by atoms with E-state index in [1.165, 1.54) is 0 Å². The summed E-state index contributed by atoms with van der Waals surface area (Å²) in [5.41, 5.74) is 0.898. The van der Waals surface area contributed by atoms with Gasteiger partial charge in [0.25, 0.3) is 0 Å². The number of nitrogens with zero attached hydrogens (tertiary/aromatic N) is 4. The molecular weight excluding hydrogens is 324 g/mol. The fourth-order valence-electron chi connectivity index (χ4n) is 2.95. The highest BCUT2D eigenvalue weighted by molar-refractivity contribution is 7.89. The first-order chi connectivity index (χ1) is 11.6. The molecule has 6 nitrogen and oxygen atoms in total. The van der Waals surface area contributed by atoms with Crippen molar-refractivity contribution in [1.29, 1.82) is 0 Å². The number of aryl methyl sites for hydroxylation is 1. The van der Waals surface area contributed by atoms with E-state index in [0.29, 0.717) is 16.8 Å². The van der Waals surface area contributed by atoms with Gasteiger partial charge >= 0.3 is 0 Å². The summed E-state index contributed by atoms with van der Waals surface area (Å²) >= 11 is 0. The van der Waals surface area contributed by atoms with Crippen molar-refractivity contribution in [2.45, 2.75) is 30.3 Å². The molecule has 2 aromatic heterocycles. The monoisotopic (exact) mass is 342 g/mol. The number of fused-ring (bicyclic) bond motifs is 1. The summed E-state index contributed by atoms with van der Waals surface area (Å²) in [6.45, 7) is 0.350. The molecule has 1 aliphatic carbocycles. The van der Waals surface area contributed by atoms with Gasteiger partial charge in [0.05, 0.1) is 11.1 Å². The van der Waals surface area contributed by atoms with Crippen LogP contribution in [0.5, 0.6) is 0 Å². The Bertz CT molecular complexity index is 987. The molecule has 4 rings (SSSR count). The van der Waals surface area contributed by atoms with Gasteiger partial charge < -0.3 is 0 Å². The van der Waals surface area contributed by atoms with Crippen LogP contribution < -0.4 is 0 Å². The Balaban J connectivity index is 1.78. The molecule has 0 unspecified atom stereocenters. The molecule has 0 aliphatic heterocycles. The minimum absolute atomic E-state index is 0.0762. The van der Waals surface area contributed by atoms with Gasteiger partial charge in [0.15, 0.2) is 0 Å². The van der Waals surface area contributed by atoms with E-state index >= 15 is 0 Å². The van der Waals surface area contributed by atoms with E-state index in [1.807, 2.05) is 19.3 Å². The second-order valence-corrected chi connectivity index (χ2v) is 8.02. The lowest BCUT2D eigenvalue weighted by molar-refractivity contribution is 0.399. The fourth-order valence-corrected chi connectivity index (χ4v) is 4.84. The van der Waals surface area contributed by atoms with Crippen LogP contribution in [-0.2, 0) is 23.6 Å². The maximum atomic E-state index is 13.3. The second-order valence-electron chi connectivity index (χ2n) is 6.16. The van der Waals surface area contributed by atoms with Crippen molar-refractivity contribution in [3.05, 3.63) is 54.6 Å². The number of aromatic nitrogens is 3. The average Bonchev–Trinajstić information content (AvgIpc) is 3.33. The Labute approximate surface area is 140 Å². The predicted octanol–water partition coefficient (Wildman–Crippen LogP) is 2.32. The molecule has 0 N–H and O–H groups in total. The lowest BCUT2D eigenvalue weighted by Crippen LogP contribution is -2.32. The van der Waals surface area contributed by atoms with Crippen LogP contribution in [0.15, 0.2) is 53.9 Å². The molecule has 24 heavy (non-hydrogen) atoms. The second kappa shape index (κ2) is 5.68. The van der Waals surface area contributed by atoms with Gasteiger partial charge in [-0.2, -0.15) is 9.40 Å². The van der Waals surface area contributed by atoms with Crippen LogP contribution in [0.2, 0.25) is 0 Å². The quantitative estimate of drug-likeness (QED) is 0.714. The highest BCUT2D eigenvalue weighted by Gasteiger charge is 2.38. The molecule has 0 atom stereocenters. The van der Waals surface area contributed by atoms with Crippen molar-refractivity contribution >= 4 is 20.8 Å². The summed E-state index contributed by atoms with van der Waals surface area (Å²) in [5, 5.41) is 5.68. The van der Waals surface area contributed by atoms with E-state index in [-0.39, 0.29) is 6.04 Å². The number of hydrogen-bond acceptors (Lipinski definition) is 4. The van der Waals surface area contributed by atoms with Crippen LogP contribution in [0.25, 0.3) is 10.8 Å². The standard InChI is InChI=1S/C17H18N4O2S/c1-20-11-13(9-19-20)12-21(15-5-6-15)24(22,23)17-4-2-3-14-10-18-8-7-16(14)17/h2-4,7-11,15H,5-6,12H2,1H3. The summed E-state index contributed by atoms with van der Waals surface area (Å²) in [6, 6.07) is 7.16. The smallest absolute Gasteiger partial charge is 0.244 e. The van der Waals surface area contributed by atoms with Gasteiger partial charge in [-0.25, -0.2) is 8.42 Å². The molecule has 0 bridgehead atoms. The minimum atomic E-state index is -3.58. The van der Waals surface area contributed by atoms with Crippen molar-refractivity contribution in [3.8, 4) is 0 Å². The third-order valence-corrected chi connectivity index (χ3v) is 6.23. The molecule has 1 saturated carbocycles. The lowest BCUT2D eigenvalue weighted by atomic mass is 10.2. The highest BCUT2D eigenvalue weighted by Crippen LogP contribution is 2.35. The topological polar surface area (TPSA) is 68.1 Å². The summed E-state index contributed by atoms with van der Waals surface area (Å²) in [5.74, 6) is 0. The maximum Gasteiger partial charge on any atom is 0.244 e. The molecular formula is C17H18N4O2S. The summed E-state index contributed by atoms with van der Waals surface area (Å²) in [6.07, 6.45) is 8.72. The zero-order valence-electron chi connectivity index (χ0n) is 13.3. The third kappa shape index (κ3) is 2.70. The van der Waals surface area contributed by atoms with Crippen molar-refractivity contribution < 1.29 is 8.42 Å². The number of pyridine rings is 1. The zero-order chi connectivity index (χ0) is 16.7. The van der Waals surface area contributed by atoms with Gasteiger partial charge in [-0.3, -0.25) is 9.67 Å². The Morgan fingerprint density at radius 2 is 2.08 bits per heavy atom. The Morgan fingerprint density at radius 3 is 2.79 bits per heavy atom. The van der Waals surface area contributed by atoms with Gasteiger partial charge in [-0.15, -0.1) is 0 Å². The molecule has 0 amide bonds. The van der Waals surface area contributed by atoms with Crippen molar-refractivity contribution in [1.82, 2.24) is 19.1 Å². The van der Waals surface area contributed by atoms with E-state index in [1.54, 1.807) is 45.8 Å². The SMILES string of the molecule is Cn1cc(CN(C2CC2)S(=O)(=O)c2cccc3cnccc23)cn1. The lowest BCUT2D eigenvalue weighted by Gasteiger charge is -2.22. The molecule has 7 heteroatoms. The summed E-state index contributed by atoms with van der Waals surface area (Å²) < 4.78 is 29.9. The molecule has 1 fully saturated rings. The first-order valence-corrected chi connectivity index (χ1v) is 9.32. The van der Waals surface area contributed by atoms with E-state index in [0.717, 1.165) is 23.8 Å². The van der Waals surface area contributed by atoms with Crippen LogP contribution >= 0.6 is 0 Å². The third-order valence-electron chi connectivity index (χ3n) is 4.28. The zero-order valence-corrected chi connectivity index (χ0v) is 14.1. The van der Waals surface area contributed by atoms with E-state index < -0.39 is 10.0 Å². The minimum Gasteiger partial charge on any atom is -0.275 e. The van der Waals surface area contributed by atoms with Gasteiger partial charge in [0.1, 0.15) is 0 Å². The van der Waals surface area contributed by atoms with Gasteiger partial charge in [-0.05, 0) is 25.0 Å². The first kappa shape index (κ1) is 15.3. The van der Waals surface area contributed by atoms with E-state index in [2.05, 4.69) is 10.1 Å². The maximum absolute atomic E-state index is 13.3. The number of rotatable bonds is 5. The van der Waals surface area contributed by atoms with Gasteiger partial charge in [0.2, 0.25) is 10.0 Å². The highest BCUT2D eigenvalue weighted by atomic mass is 32.2. The molecule has 1 aliphatic rings. The molecule has 0 radical (unpaired) electrons. The molecule has 124 valence electrons. The van der Waals surface area contributed by atoms with Crippen molar-refractivity contribution in [2.75, 3.05) is 0 Å². The average molecular weight is 342 g/mol. The van der Waals surface area contributed by atoms with Crippen LogP contribution in [0, 0.1) is 0 Å². The Morgan fingerprint density at radius 1 is 1.25 bits per heavy atom. The number of hydrogen-bond donors (Lipinski definition) is 0. The largest absolute Gasteiger partial charge is 0.275 e. The number of sulfonamides is 1. The van der Waals surface area contributed by atoms with Crippen LogP contribution in [0.4, 0.5) is 0 Å². The van der Waals surface area contributed by atoms with Crippen molar-refractivity contribution in [3.63, 3.8) is 0 Å². The molecule has 0 spiro atoms. The van der Waals surface area contributed by atoms with Crippen molar-refractivity contribution in [2.24, 2.45) is 7.05 Å². The van der Waals surface area contributed by atoms with Gasteiger partial charge in [-0.1, -0.05) is 12.1 Å². The first-order valence-electron chi connectivity index (χ1n) is 7.88. The summed E-state index contributed by atoms with van der Waals surface area (Å²) in [7, 11) is -1.75. The summed E-state index contributed by atoms with van der Waals surface area (Å²) in [4.78, 5) is 4.42. The van der Waals surface area contributed by atoms with E-state index in [9.17, 15) is 8.42 Å². The normalized spacial score (nSPS) is 15.2. The molecule has 3 aromatic rings. The van der Waals surface area contributed by atoms with Crippen LogP contribution in [0.1, 0.15) is 18.4 Å². The molecule has 1 aromatic carbocycles. The fraction of sp³-hybridized carbons (Fsp3) is 0.294. The predicted molar refractivity (Wildman–Crippen MR) is 90.7 cm³/mol.